The van der Waals surface area contributed by atoms with E-state index in [1.165, 1.54) is 11.8 Å². The largest absolute Gasteiger partial charge is 0.357 e. The monoisotopic (exact) mass is 204 g/mol. The molecule has 5 heteroatoms. The molecular weight excluding hydrogens is 188 g/mol. The van der Waals surface area contributed by atoms with Crippen LogP contribution in [0, 0.1) is 0 Å². The number of amides is 2. The molecule has 0 aromatic carbocycles. The van der Waals surface area contributed by atoms with E-state index in [-0.39, 0.29) is 11.8 Å². The van der Waals surface area contributed by atoms with Gasteiger partial charge in [0.25, 0.3) is 0 Å². The highest BCUT2D eigenvalue weighted by molar-refractivity contribution is 7.99. The highest BCUT2D eigenvalue weighted by Crippen LogP contribution is 2.02. The zero-order valence-electron chi connectivity index (χ0n) is 8.43. The highest BCUT2D eigenvalue weighted by atomic mass is 32.2. The quantitative estimate of drug-likeness (QED) is 0.677. The van der Waals surface area contributed by atoms with Gasteiger partial charge in [-0.3, -0.25) is 9.59 Å². The molecule has 0 radical (unpaired) electrons. The van der Waals surface area contributed by atoms with E-state index in [0.29, 0.717) is 5.75 Å². The van der Waals surface area contributed by atoms with Crippen LogP contribution in [0.3, 0.4) is 0 Å². The predicted octanol–water partition coefficient (Wildman–Crippen LogP) is -0.00980. The van der Waals surface area contributed by atoms with E-state index in [1.807, 2.05) is 6.26 Å². The Morgan fingerprint density at radius 2 is 1.92 bits per heavy atom. The molecule has 0 unspecified atom stereocenters. The number of nitrogens with one attached hydrogen (secondary N) is 2. The zero-order chi connectivity index (χ0) is 10.5. The Balaban J connectivity index is 4.16. The lowest BCUT2D eigenvalue weighted by molar-refractivity contribution is -0.130. The second-order valence-electron chi connectivity index (χ2n) is 3.19. The molecule has 0 fully saturated rings. The molecule has 0 aliphatic carbocycles. The maximum Gasteiger partial charge on any atom is 0.244 e. The first-order valence-electron chi connectivity index (χ1n) is 3.96. The van der Waals surface area contributed by atoms with Gasteiger partial charge < -0.3 is 10.6 Å². The molecule has 0 saturated carbocycles. The summed E-state index contributed by atoms with van der Waals surface area (Å²) in [5, 5.41) is 5.13. The molecule has 0 heterocycles. The van der Waals surface area contributed by atoms with E-state index in [4.69, 9.17) is 0 Å². The number of likely N-dealkylation sites (N-methyl/N-ethyl adjacent to an activating group) is 1. The van der Waals surface area contributed by atoms with Gasteiger partial charge >= 0.3 is 0 Å². The normalized spacial score (nSPS) is 10.8. The fourth-order valence-corrected chi connectivity index (χ4v) is 1.22. The summed E-state index contributed by atoms with van der Waals surface area (Å²) in [5.74, 6) is 0.0588. The van der Waals surface area contributed by atoms with Gasteiger partial charge in [-0.2, -0.15) is 11.8 Å². The van der Waals surface area contributed by atoms with Crippen LogP contribution in [0.25, 0.3) is 0 Å². The van der Waals surface area contributed by atoms with Crippen LogP contribution in [0.1, 0.15) is 13.8 Å². The first-order valence-corrected chi connectivity index (χ1v) is 5.35. The van der Waals surface area contributed by atoms with Gasteiger partial charge in [-0.25, -0.2) is 0 Å². The molecule has 0 aliphatic rings. The summed E-state index contributed by atoms with van der Waals surface area (Å²) in [4.78, 5) is 22.4. The molecule has 13 heavy (non-hydrogen) atoms. The lowest BCUT2D eigenvalue weighted by Crippen LogP contribution is -2.54. The Morgan fingerprint density at radius 1 is 1.38 bits per heavy atom. The summed E-state index contributed by atoms with van der Waals surface area (Å²) < 4.78 is 0. The maximum absolute atomic E-state index is 11.2. The molecule has 4 nitrogen and oxygen atoms in total. The van der Waals surface area contributed by atoms with Crippen molar-refractivity contribution in [3.05, 3.63) is 0 Å². The van der Waals surface area contributed by atoms with Gasteiger partial charge in [0.05, 0.1) is 5.75 Å². The van der Waals surface area contributed by atoms with Gasteiger partial charge in [0.15, 0.2) is 0 Å². The second kappa shape index (κ2) is 5.11. The standard InChI is InChI=1S/C8H16N2O2S/c1-8(2,7(12)9-3)10-6(11)5-13-4/h5H2,1-4H3,(H,9,12)(H,10,11). The lowest BCUT2D eigenvalue weighted by atomic mass is 10.1. The summed E-state index contributed by atoms with van der Waals surface area (Å²) in [6, 6.07) is 0. The third-order valence-electron chi connectivity index (χ3n) is 1.52. The van der Waals surface area contributed by atoms with E-state index in [0.717, 1.165) is 0 Å². The van der Waals surface area contributed by atoms with E-state index < -0.39 is 5.54 Å². The van der Waals surface area contributed by atoms with E-state index in [1.54, 1.807) is 20.9 Å². The van der Waals surface area contributed by atoms with Crippen molar-refractivity contribution in [3.63, 3.8) is 0 Å². The third-order valence-corrected chi connectivity index (χ3v) is 2.07. The SMILES string of the molecule is CNC(=O)C(C)(C)NC(=O)CSC. The number of hydrogen-bond donors (Lipinski definition) is 2. The number of carbonyl (C=O) groups is 2. The Hall–Kier alpha value is -0.710. The minimum Gasteiger partial charge on any atom is -0.357 e. The summed E-state index contributed by atoms with van der Waals surface area (Å²) in [6.07, 6.45) is 1.84. The molecule has 0 atom stereocenters. The number of thioether (sulfide) groups is 1. The Labute approximate surface area is 82.8 Å². The highest BCUT2D eigenvalue weighted by Gasteiger charge is 2.27. The van der Waals surface area contributed by atoms with Crippen molar-refractivity contribution >= 4 is 23.6 Å². The van der Waals surface area contributed by atoms with Gasteiger partial charge in [0.1, 0.15) is 5.54 Å². The first-order chi connectivity index (χ1) is 5.94. The molecule has 76 valence electrons. The Bertz CT molecular complexity index is 204. The van der Waals surface area contributed by atoms with Crippen LogP contribution in [0.2, 0.25) is 0 Å². The van der Waals surface area contributed by atoms with Crippen molar-refractivity contribution in [2.45, 2.75) is 19.4 Å². The van der Waals surface area contributed by atoms with Crippen molar-refractivity contribution in [3.8, 4) is 0 Å². The van der Waals surface area contributed by atoms with Crippen LogP contribution >= 0.6 is 11.8 Å². The van der Waals surface area contributed by atoms with Gasteiger partial charge in [-0.15, -0.1) is 0 Å². The first kappa shape index (κ1) is 12.3. The van der Waals surface area contributed by atoms with Crippen molar-refractivity contribution in [2.75, 3.05) is 19.1 Å². The molecular formula is C8H16N2O2S. The molecule has 0 rings (SSSR count). The number of carbonyl (C=O) groups excluding carboxylic acids is 2. The van der Waals surface area contributed by atoms with Gasteiger partial charge in [-0.05, 0) is 20.1 Å². The van der Waals surface area contributed by atoms with E-state index >= 15 is 0 Å². The molecule has 0 spiro atoms. The second-order valence-corrected chi connectivity index (χ2v) is 4.05. The predicted molar refractivity (Wildman–Crippen MR) is 54.7 cm³/mol. The average molecular weight is 204 g/mol. The van der Waals surface area contributed by atoms with Crippen molar-refractivity contribution in [1.82, 2.24) is 10.6 Å². The van der Waals surface area contributed by atoms with Crippen LogP contribution in [-0.2, 0) is 9.59 Å². The molecule has 0 saturated heterocycles. The Morgan fingerprint density at radius 3 is 2.31 bits per heavy atom. The third kappa shape index (κ3) is 4.17. The van der Waals surface area contributed by atoms with Crippen LogP contribution in [0.15, 0.2) is 0 Å². The smallest absolute Gasteiger partial charge is 0.244 e. The topological polar surface area (TPSA) is 58.2 Å². The summed E-state index contributed by atoms with van der Waals surface area (Å²) in [6.45, 7) is 3.34. The van der Waals surface area contributed by atoms with Crippen LogP contribution in [-0.4, -0.2) is 36.4 Å². The van der Waals surface area contributed by atoms with Crippen LogP contribution < -0.4 is 10.6 Å². The fourth-order valence-electron chi connectivity index (χ4n) is 0.885. The van der Waals surface area contributed by atoms with Crippen LogP contribution in [0.4, 0.5) is 0 Å². The van der Waals surface area contributed by atoms with Crippen molar-refractivity contribution in [1.29, 1.82) is 0 Å². The molecule has 2 N–H and O–H groups in total. The minimum absolute atomic E-state index is 0.124. The number of rotatable bonds is 4. The van der Waals surface area contributed by atoms with Gasteiger partial charge in [-0.1, -0.05) is 0 Å². The molecule has 0 aromatic heterocycles. The zero-order valence-corrected chi connectivity index (χ0v) is 9.25. The molecule has 0 aliphatic heterocycles. The molecule has 0 aromatic rings. The average Bonchev–Trinajstić information content (AvgIpc) is 2.02. The van der Waals surface area contributed by atoms with E-state index in [2.05, 4.69) is 10.6 Å². The lowest BCUT2D eigenvalue weighted by Gasteiger charge is -2.23. The van der Waals surface area contributed by atoms with Gasteiger partial charge in [0, 0.05) is 7.05 Å². The minimum atomic E-state index is -0.832. The fraction of sp³-hybridized carbons (Fsp3) is 0.750. The molecule has 0 bridgehead atoms. The number of hydrogen-bond acceptors (Lipinski definition) is 3. The summed E-state index contributed by atoms with van der Waals surface area (Å²) in [7, 11) is 1.55. The van der Waals surface area contributed by atoms with Gasteiger partial charge in [0.2, 0.25) is 11.8 Å². The van der Waals surface area contributed by atoms with Crippen LogP contribution in [0.5, 0.6) is 0 Å². The van der Waals surface area contributed by atoms with Crippen molar-refractivity contribution < 1.29 is 9.59 Å². The van der Waals surface area contributed by atoms with E-state index in [9.17, 15) is 9.59 Å². The van der Waals surface area contributed by atoms with Crippen molar-refractivity contribution in [2.24, 2.45) is 0 Å². The summed E-state index contributed by atoms with van der Waals surface area (Å²) in [5.41, 5.74) is -0.832. The maximum atomic E-state index is 11.2. The molecule has 2 amide bonds. The summed E-state index contributed by atoms with van der Waals surface area (Å²) >= 11 is 1.43. The Kier molecular flexibility index (Phi) is 4.83.